The average molecular weight is 560 g/mol. The van der Waals surface area contributed by atoms with Gasteiger partial charge in [0.15, 0.2) is 5.16 Å². The molecule has 0 bridgehead atoms. The molecule has 196 valence electrons. The monoisotopic (exact) mass is 559 g/mol. The van der Waals surface area contributed by atoms with E-state index in [0.29, 0.717) is 38.4 Å². The second-order valence-corrected chi connectivity index (χ2v) is 9.66. The molecule has 0 amide bonds. The number of nitrogens with one attached hydrogen (secondary N) is 1. The van der Waals surface area contributed by atoms with Crippen LogP contribution in [0.3, 0.4) is 0 Å². The molecule has 0 unspecified atom stereocenters. The summed E-state index contributed by atoms with van der Waals surface area (Å²) in [5.41, 5.74) is 7.88. The van der Waals surface area contributed by atoms with Crippen LogP contribution in [0.25, 0.3) is 10.9 Å². The van der Waals surface area contributed by atoms with Crippen molar-refractivity contribution in [1.29, 1.82) is 0 Å². The van der Waals surface area contributed by atoms with Crippen LogP contribution in [0, 0.1) is 0 Å². The van der Waals surface area contributed by atoms with Crippen molar-refractivity contribution in [3.63, 3.8) is 0 Å². The predicted molar refractivity (Wildman–Crippen MR) is 151 cm³/mol. The standard InChI is InChI=1S/C27H22ClN7O3S/c1-38-24(37)16-11-12-19-21(13-16)31-27(35(23(19)36)14-17-7-5-6-10-20(17)28)39-15-22-32-25(29)34-26(33-22)30-18-8-3-2-4-9-18/h2-13H,14-15H2,1H3,(H3,29,30,32,33,34). The number of hydrogen-bond acceptors (Lipinski definition) is 10. The van der Waals surface area contributed by atoms with Crippen molar-refractivity contribution >= 4 is 57.8 Å². The van der Waals surface area contributed by atoms with Gasteiger partial charge in [-0.3, -0.25) is 9.36 Å². The van der Waals surface area contributed by atoms with E-state index in [1.165, 1.54) is 24.9 Å². The van der Waals surface area contributed by atoms with Gasteiger partial charge in [-0.1, -0.05) is 59.8 Å². The van der Waals surface area contributed by atoms with E-state index in [1.54, 1.807) is 22.8 Å². The van der Waals surface area contributed by atoms with E-state index in [1.807, 2.05) is 48.5 Å². The van der Waals surface area contributed by atoms with E-state index in [9.17, 15) is 9.59 Å². The average Bonchev–Trinajstić information content (AvgIpc) is 2.94. The molecule has 0 aliphatic heterocycles. The molecule has 2 aromatic heterocycles. The smallest absolute Gasteiger partial charge is 0.337 e. The molecule has 0 saturated carbocycles. The molecule has 5 aromatic rings. The maximum absolute atomic E-state index is 13.6. The molecule has 0 aliphatic rings. The molecule has 3 N–H and O–H groups in total. The fraction of sp³-hybridized carbons (Fsp3) is 0.111. The minimum atomic E-state index is -0.521. The summed E-state index contributed by atoms with van der Waals surface area (Å²) in [6.07, 6.45) is 0. The summed E-state index contributed by atoms with van der Waals surface area (Å²) in [5.74, 6) is 0.474. The summed E-state index contributed by atoms with van der Waals surface area (Å²) in [7, 11) is 1.30. The SMILES string of the molecule is COC(=O)c1ccc2c(=O)n(Cc3ccccc3Cl)c(SCc3nc(N)nc(Nc4ccccc4)n3)nc2c1. The highest BCUT2D eigenvalue weighted by Gasteiger charge is 2.17. The van der Waals surface area contributed by atoms with Crippen LogP contribution in [0.15, 0.2) is 82.7 Å². The van der Waals surface area contributed by atoms with Crippen LogP contribution in [0.2, 0.25) is 5.02 Å². The van der Waals surface area contributed by atoms with Gasteiger partial charge in [-0.05, 0) is 42.0 Å². The molecule has 39 heavy (non-hydrogen) atoms. The first-order valence-corrected chi connectivity index (χ1v) is 13.1. The van der Waals surface area contributed by atoms with Gasteiger partial charge < -0.3 is 15.8 Å². The minimum absolute atomic E-state index is 0.0571. The van der Waals surface area contributed by atoms with Crippen LogP contribution in [0.5, 0.6) is 0 Å². The van der Waals surface area contributed by atoms with Crippen molar-refractivity contribution in [2.24, 2.45) is 0 Å². The number of nitrogens with two attached hydrogens (primary N) is 1. The van der Waals surface area contributed by atoms with Crippen LogP contribution in [-0.2, 0) is 17.0 Å². The Labute approximate surface area is 232 Å². The van der Waals surface area contributed by atoms with E-state index < -0.39 is 5.97 Å². The Balaban J connectivity index is 1.52. The Morgan fingerprint density at radius 2 is 1.79 bits per heavy atom. The number of carbonyl (C=O) groups is 1. The zero-order chi connectivity index (χ0) is 27.4. The third-order valence-electron chi connectivity index (χ3n) is 5.69. The molecule has 5 rings (SSSR count). The summed E-state index contributed by atoms with van der Waals surface area (Å²) >= 11 is 7.66. The molecule has 0 atom stereocenters. The number of rotatable bonds is 8. The number of ether oxygens (including phenoxy) is 1. The first kappa shape index (κ1) is 26.1. The van der Waals surface area contributed by atoms with Crippen molar-refractivity contribution < 1.29 is 9.53 Å². The number of para-hydroxylation sites is 1. The number of esters is 1. The van der Waals surface area contributed by atoms with Crippen LogP contribution in [-0.4, -0.2) is 37.6 Å². The number of carbonyl (C=O) groups excluding carboxylic acids is 1. The summed E-state index contributed by atoms with van der Waals surface area (Å²) in [6, 6.07) is 21.4. The number of nitrogens with zero attached hydrogens (tertiary/aromatic N) is 5. The summed E-state index contributed by atoms with van der Waals surface area (Å²) in [4.78, 5) is 43.3. The number of fused-ring (bicyclic) bond motifs is 1. The lowest BCUT2D eigenvalue weighted by molar-refractivity contribution is 0.0601. The third kappa shape index (κ3) is 6.00. The first-order valence-electron chi connectivity index (χ1n) is 11.7. The Bertz CT molecular complexity index is 1730. The molecule has 2 heterocycles. The zero-order valence-corrected chi connectivity index (χ0v) is 22.2. The van der Waals surface area contributed by atoms with Gasteiger partial charge in [0.05, 0.1) is 35.9 Å². The molecular formula is C27H22ClN7O3S. The van der Waals surface area contributed by atoms with Crippen molar-refractivity contribution in [3.8, 4) is 0 Å². The third-order valence-corrected chi connectivity index (χ3v) is 7.03. The van der Waals surface area contributed by atoms with E-state index in [0.717, 1.165) is 11.3 Å². The second-order valence-electron chi connectivity index (χ2n) is 8.31. The summed E-state index contributed by atoms with van der Waals surface area (Å²) in [6.45, 7) is 0.197. The largest absolute Gasteiger partial charge is 0.465 e. The fourth-order valence-electron chi connectivity index (χ4n) is 3.83. The highest BCUT2D eigenvalue weighted by atomic mass is 35.5. The highest BCUT2D eigenvalue weighted by molar-refractivity contribution is 7.98. The van der Waals surface area contributed by atoms with E-state index in [-0.39, 0.29) is 23.8 Å². The Morgan fingerprint density at radius 3 is 2.56 bits per heavy atom. The molecule has 10 nitrogen and oxygen atoms in total. The molecular weight excluding hydrogens is 538 g/mol. The Morgan fingerprint density at radius 1 is 1.03 bits per heavy atom. The summed E-state index contributed by atoms with van der Waals surface area (Å²) < 4.78 is 6.36. The number of hydrogen-bond donors (Lipinski definition) is 2. The summed E-state index contributed by atoms with van der Waals surface area (Å²) in [5, 5.41) is 4.39. The van der Waals surface area contributed by atoms with Crippen LogP contribution < -0.4 is 16.6 Å². The molecule has 0 aliphatic carbocycles. The lowest BCUT2D eigenvalue weighted by Crippen LogP contribution is -2.24. The molecule has 3 aromatic carbocycles. The van der Waals surface area contributed by atoms with Gasteiger partial charge in [-0.15, -0.1) is 0 Å². The van der Waals surface area contributed by atoms with Crippen LogP contribution in [0.1, 0.15) is 21.7 Å². The van der Waals surface area contributed by atoms with E-state index >= 15 is 0 Å². The first-order chi connectivity index (χ1) is 18.9. The lowest BCUT2D eigenvalue weighted by atomic mass is 10.1. The van der Waals surface area contributed by atoms with Gasteiger partial charge in [0.2, 0.25) is 11.9 Å². The van der Waals surface area contributed by atoms with E-state index in [4.69, 9.17) is 27.1 Å². The number of halogens is 1. The predicted octanol–water partition coefficient (Wildman–Crippen LogP) is 4.69. The second kappa shape index (κ2) is 11.5. The van der Waals surface area contributed by atoms with Gasteiger partial charge in [0, 0.05) is 10.7 Å². The van der Waals surface area contributed by atoms with Gasteiger partial charge >= 0.3 is 5.97 Å². The number of aromatic nitrogens is 5. The zero-order valence-electron chi connectivity index (χ0n) is 20.7. The highest BCUT2D eigenvalue weighted by Crippen LogP contribution is 2.25. The molecule has 0 radical (unpaired) electrons. The Hall–Kier alpha value is -4.48. The number of thioether (sulfide) groups is 1. The van der Waals surface area contributed by atoms with Gasteiger partial charge in [0.1, 0.15) is 5.82 Å². The van der Waals surface area contributed by atoms with Gasteiger partial charge in [-0.2, -0.15) is 15.0 Å². The van der Waals surface area contributed by atoms with Crippen molar-refractivity contribution in [2.45, 2.75) is 17.5 Å². The normalized spacial score (nSPS) is 10.9. The molecule has 12 heteroatoms. The molecule has 0 saturated heterocycles. The maximum Gasteiger partial charge on any atom is 0.337 e. The van der Waals surface area contributed by atoms with Gasteiger partial charge in [-0.25, -0.2) is 9.78 Å². The molecule has 0 spiro atoms. The van der Waals surface area contributed by atoms with Crippen LogP contribution >= 0.6 is 23.4 Å². The van der Waals surface area contributed by atoms with Crippen molar-refractivity contribution in [3.05, 3.63) is 105 Å². The molecule has 0 fully saturated rings. The number of methoxy groups -OCH3 is 1. The van der Waals surface area contributed by atoms with Crippen molar-refractivity contribution in [1.82, 2.24) is 24.5 Å². The maximum atomic E-state index is 13.6. The fourth-order valence-corrected chi connectivity index (χ4v) is 4.88. The number of nitrogen functional groups attached to an aromatic ring is 1. The van der Waals surface area contributed by atoms with Crippen LogP contribution in [0.4, 0.5) is 17.6 Å². The lowest BCUT2D eigenvalue weighted by Gasteiger charge is -2.14. The number of anilines is 3. The van der Waals surface area contributed by atoms with Crippen molar-refractivity contribution in [2.75, 3.05) is 18.2 Å². The Kier molecular flexibility index (Phi) is 7.71. The topological polar surface area (TPSA) is 138 Å². The van der Waals surface area contributed by atoms with E-state index in [2.05, 4.69) is 20.3 Å². The quantitative estimate of drug-likeness (QED) is 0.156. The number of benzene rings is 3. The van der Waals surface area contributed by atoms with Gasteiger partial charge in [0.25, 0.3) is 5.56 Å². The minimum Gasteiger partial charge on any atom is -0.465 e.